The van der Waals surface area contributed by atoms with E-state index in [2.05, 4.69) is 39.3 Å². The molecule has 0 bridgehead atoms. The number of halogens is 1. The second kappa shape index (κ2) is 16.3. The standard InChI is InChI=1S/C18H28O3S.C11H14BrNO6S/c1-3-4-5-6-7-8-11-22(19)15(2)12-16-9-10-17-18(13-16)21-14-20-17;1-11(2)6(9(15)18-4-19-10(16)17-3)13-7(14)5(12)8(13)20-11/h9-10,13,15H,3-8,11-12,14H2,1-2H3;5-6,8H,4H2,1-3H3/t;5-,6+,8-/m.1/s1. The molecule has 13 heteroatoms. The zero-order chi connectivity index (χ0) is 30.9. The van der Waals surface area contributed by atoms with Crippen molar-refractivity contribution in [2.75, 3.05) is 26.4 Å². The van der Waals surface area contributed by atoms with Crippen molar-refractivity contribution in [1.82, 2.24) is 4.90 Å². The SMILES string of the molecule is CCCCCCCC[S+]([O-])C(C)Cc1ccc2c(c1)OCO2.COC(=O)OCOC(=O)[C@@H]1N2C(=O)[C@@H](Br)[C@H]2SC1(C)C. The van der Waals surface area contributed by atoms with Gasteiger partial charge in [-0.2, -0.15) is 0 Å². The molecule has 3 aliphatic rings. The highest BCUT2D eigenvalue weighted by Crippen LogP contribution is 2.53. The molecule has 0 aromatic heterocycles. The number of β-lactam (4-membered cyclic amide) rings is 1. The van der Waals surface area contributed by atoms with Gasteiger partial charge in [-0.1, -0.05) is 65.8 Å². The van der Waals surface area contributed by atoms with Crippen molar-refractivity contribution in [3.63, 3.8) is 0 Å². The largest absolute Gasteiger partial charge is 0.616 e. The molecule has 4 rings (SSSR count). The second-order valence-corrected chi connectivity index (χ2v) is 15.6. The zero-order valence-corrected chi connectivity index (χ0v) is 28.1. The molecule has 10 nitrogen and oxygen atoms in total. The molecule has 3 heterocycles. The smallest absolute Gasteiger partial charge is 0.510 e. The molecular formula is C29H42BrNO9S2. The maximum atomic E-state index is 12.3. The molecule has 42 heavy (non-hydrogen) atoms. The van der Waals surface area contributed by atoms with E-state index in [0.29, 0.717) is 6.79 Å². The predicted octanol–water partition coefficient (Wildman–Crippen LogP) is 5.55. The number of esters is 1. The Morgan fingerprint density at radius 2 is 1.86 bits per heavy atom. The highest BCUT2D eigenvalue weighted by atomic mass is 79.9. The number of alkyl halides is 1. The summed E-state index contributed by atoms with van der Waals surface area (Å²) in [5, 5.41) is 0.118. The number of nitrogens with zero attached hydrogens (tertiary/aromatic N) is 1. The molecule has 3 aliphatic heterocycles. The summed E-state index contributed by atoms with van der Waals surface area (Å²) in [6.07, 6.45) is 7.39. The van der Waals surface area contributed by atoms with Gasteiger partial charge in [0, 0.05) is 11.2 Å². The van der Waals surface area contributed by atoms with Crippen LogP contribution in [0, 0.1) is 0 Å². The minimum Gasteiger partial charge on any atom is -0.616 e. The molecule has 0 aliphatic carbocycles. The highest BCUT2D eigenvalue weighted by Gasteiger charge is 2.63. The van der Waals surface area contributed by atoms with Crippen LogP contribution in [0.1, 0.15) is 71.8 Å². The monoisotopic (exact) mass is 691 g/mol. The molecule has 1 amide bonds. The summed E-state index contributed by atoms with van der Waals surface area (Å²) < 4.78 is 36.2. The quantitative estimate of drug-likeness (QED) is 0.0649. The Kier molecular flexibility index (Phi) is 13.5. The minimum atomic E-state index is -0.934. The van der Waals surface area contributed by atoms with Crippen LogP contribution in [0.3, 0.4) is 0 Å². The molecule has 2 fully saturated rings. The third-order valence-electron chi connectivity index (χ3n) is 7.25. The third kappa shape index (κ3) is 9.09. The zero-order valence-electron chi connectivity index (χ0n) is 24.9. The van der Waals surface area contributed by atoms with Crippen LogP contribution in [0.5, 0.6) is 11.5 Å². The van der Waals surface area contributed by atoms with Crippen LogP contribution in [0.15, 0.2) is 18.2 Å². The number of hydrogen-bond acceptors (Lipinski definition) is 10. The Morgan fingerprint density at radius 3 is 2.57 bits per heavy atom. The van der Waals surface area contributed by atoms with Gasteiger partial charge in [-0.05, 0) is 51.3 Å². The van der Waals surface area contributed by atoms with Gasteiger partial charge in [0.1, 0.15) is 27.2 Å². The average Bonchev–Trinajstić information content (AvgIpc) is 3.54. The van der Waals surface area contributed by atoms with Gasteiger partial charge in [-0.25, -0.2) is 9.59 Å². The topological polar surface area (TPSA) is 124 Å². The molecule has 5 atom stereocenters. The summed E-state index contributed by atoms with van der Waals surface area (Å²) in [5.74, 6) is 1.72. The van der Waals surface area contributed by atoms with Gasteiger partial charge in [-0.3, -0.25) is 4.79 Å². The van der Waals surface area contributed by atoms with Crippen LogP contribution in [0.25, 0.3) is 0 Å². The van der Waals surface area contributed by atoms with Crippen molar-refractivity contribution in [1.29, 1.82) is 0 Å². The number of carbonyl (C=O) groups excluding carboxylic acids is 3. The maximum Gasteiger partial charge on any atom is 0.510 e. The van der Waals surface area contributed by atoms with Crippen molar-refractivity contribution in [2.45, 2.75) is 98.9 Å². The molecule has 0 N–H and O–H groups in total. The molecule has 236 valence electrons. The van der Waals surface area contributed by atoms with Crippen LogP contribution in [-0.2, 0) is 41.4 Å². The van der Waals surface area contributed by atoms with Gasteiger partial charge in [-0.15, -0.1) is 11.8 Å². The predicted molar refractivity (Wildman–Crippen MR) is 165 cm³/mol. The number of rotatable bonds is 13. The fourth-order valence-corrected chi connectivity index (χ4v) is 8.56. The number of hydrogen-bond donors (Lipinski definition) is 0. The first-order valence-electron chi connectivity index (χ1n) is 14.3. The fraction of sp³-hybridized carbons (Fsp3) is 0.690. The van der Waals surface area contributed by atoms with Crippen LogP contribution in [0.4, 0.5) is 4.79 Å². The van der Waals surface area contributed by atoms with Gasteiger partial charge >= 0.3 is 12.1 Å². The number of unbranched alkanes of at least 4 members (excludes halogenated alkanes) is 5. The van der Waals surface area contributed by atoms with E-state index in [1.807, 2.05) is 32.0 Å². The van der Waals surface area contributed by atoms with Gasteiger partial charge in [0.25, 0.3) is 0 Å². The Bertz CT molecular complexity index is 1080. The lowest BCUT2D eigenvalue weighted by Crippen LogP contribution is -2.63. The average molecular weight is 693 g/mol. The Balaban J connectivity index is 0.000000231. The first-order chi connectivity index (χ1) is 20.0. The van der Waals surface area contributed by atoms with E-state index < -0.39 is 40.9 Å². The number of fused-ring (bicyclic) bond motifs is 2. The van der Waals surface area contributed by atoms with Crippen molar-refractivity contribution < 1.29 is 42.6 Å². The van der Waals surface area contributed by atoms with E-state index in [9.17, 15) is 18.9 Å². The first-order valence-corrected chi connectivity index (χ1v) is 17.4. The number of amides is 1. The van der Waals surface area contributed by atoms with Crippen molar-refractivity contribution >= 4 is 56.9 Å². The Morgan fingerprint density at radius 1 is 1.17 bits per heavy atom. The molecule has 2 saturated heterocycles. The Hall–Kier alpha value is -1.83. The molecule has 0 spiro atoms. The minimum absolute atomic E-state index is 0.0726. The molecular weight excluding hydrogens is 650 g/mol. The van der Waals surface area contributed by atoms with E-state index in [-0.39, 0.29) is 21.4 Å². The van der Waals surface area contributed by atoms with Crippen LogP contribution in [0.2, 0.25) is 0 Å². The molecule has 0 saturated carbocycles. The normalized spacial score (nSPS) is 22.7. The molecule has 2 unspecified atom stereocenters. The van der Waals surface area contributed by atoms with E-state index in [1.54, 1.807) is 0 Å². The first kappa shape index (κ1) is 34.7. The number of benzene rings is 1. The number of methoxy groups -OCH3 is 1. The molecule has 0 radical (unpaired) electrons. The fourth-order valence-electron chi connectivity index (χ4n) is 4.94. The van der Waals surface area contributed by atoms with E-state index in [0.717, 1.165) is 37.2 Å². The van der Waals surface area contributed by atoms with E-state index in [1.165, 1.54) is 54.3 Å². The summed E-state index contributed by atoms with van der Waals surface area (Å²) in [6.45, 7) is 7.82. The molecule has 1 aromatic carbocycles. The summed E-state index contributed by atoms with van der Waals surface area (Å²) in [5.41, 5.74) is 1.17. The van der Waals surface area contributed by atoms with Gasteiger partial charge in [0.05, 0.1) is 7.11 Å². The number of carbonyl (C=O) groups is 3. The van der Waals surface area contributed by atoms with Crippen molar-refractivity contribution in [2.24, 2.45) is 0 Å². The third-order valence-corrected chi connectivity index (χ3v) is 11.8. The van der Waals surface area contributed by atoms with Crippen LogP contribution < -0.4 is 9.47 Å². The lowest BCUT2D eigenvalue weighted by atomic mass is 9.98. The summed E-state index contributed by atoms with van der Waals surface area (Å²) >= 11 is 4.08. The van der Waals surface area contributed by atoms with Gasteiger partial charge in [0.15, 0.2) is 11.5 Å². The molecule has 1 aromatic rings. The summed E-state index contributed by atoms with van der Waals surface area (Å²) in [6, 6.07) is 5.31. The second-order valence-electron chi connectivity index (χ2n) is 10.9. The number of thioether (sulfide) groups is 1. The van der Waals surface area contributed by atoms with E-state index in [4.69, 9.17) is 14.2 Å². The van der Waals surface area contributed by atoms with Crippen LogP contribution >= 0.6 is 27.7 Å². The summed E-state index contributed by atoms with van der Waals surface area (Å²) in [4.78, 5) is 35.9. The van der Waals surface area contributed by atoms with E-state index >= 15 is 0 Å². The lowest BCUT2D eigenvalue weighted by Gasteiger charge is -2.41. The Labute approximate surface area is 264 Å². The summed E-state index contributed by atoms with van der Waals surface area (Å²) in [7, 11) is 1.15. The van der Waals surface area contributed by atoms with Gasteiger partial charge < -0.3 is 33.1 Å². The highest BCUT2D eigenvalue weighted by molar-refractivity contribution is 9.10. The lowest BCUT2D eigenvalue weighted by molar-refractivity contribution is -0.167. The van der Waals surface area contributed by atoms with Crippen molar-refractivity contribution in [3.8, 4) is 11.5 Å². The van der Waals surface area contributed by atoms with Crippen molar-refractivity contribution in [3.05, 3.63) is 23.8 Å². The maximum absolute atomic E-state index is 12.3. The van der Waals surface area contributed by atoms with Gasteiger partial charge in [0.2, 0.25) is 19.5 Å². The van der Waals surface area contributed by atoms with Crippen LogP contribution in [-0.4, -0.2) is 80.2 Å². The number of ether oxygens (including phenoxy) is 5.